The largest absolute Gasteiger partial charge is 0.381 e. The zero-order chi connectivity index (χ0) is 12.3. The Morgan fingerprint density at radius 3 is 2.76 bits per heavy atom. The molecule has 1 aliphatic heterocycles. The summed E-state index contributed by atoms with van der Waals surface area (Å²) in [5.74, 6) is 0. The molecule has 1 aromatic rings. The molecule has 0 saturated carbocycles. The van der Waals surface area contributed by atoms with Gasteiger partial charge in [0.1, 0.15) is 0 Å². The molecule has 0 aromatic carbocycles. The van der Waals surface area contributed by atoms with Crippen LogP contribution < -0.4 is 5.73 Å². The van der Waals surface area contributed by atoms with E-state index in [2.05, 4.69) is 24.9 Å². The molecule has 0 bridgehead atoms. The van der Waals surface area contributed by atoms with Gasteiger partial charge in [0.2, 0.25) is 0 Å². The Labute approximate surface area is 108 Å². The van der Waals surface area contributed by atoms with Crippen molar-refractivity contribution in [3.05, 3.63) is 21.4 Å². The molecule has 1 fully saturated rings. The van der Waals surface area contributed by atoms with Gasteiger partial charge in [0.15, 0.2) is 0 Å². The lowest BCUT2D eigenvalue weighted by molar-refractivity contribution is 0.0407. The van der Waals surface area contributed by atoms with E-state index in [0.717, 1.165) is 32.6 Å². The monoisotopic (exact) mass is 254 g/mol. The molecule has 1 aromatic heterocycles. The van der Waals surface area contributed by atoms with Crippen LogP contribution in [0.4, 0.5) is 0 Å². The highest BCUT2D eigenvalue weighted by Crippen LogP contribution is 2.24. The summed E-state index contributed by atoms with van der Waals surface area (Å²) in [6.45, 7) is 5.70. The smallest absolute Gasteiger partial charge is 0.0480 e. The fourth-order valence-corrected chi connectivity index (χ4v) is 3.30. The quantitative estimate of drug-likeness (QED) is 0.894. The molecule has 0 unspecified atom stereocenters. The number of nitrogens with two attached hydrogens (primary N) is 1. The number of thiophene rings is 1. The van der Waals surface area contributed by atoms with Crippen molar-refractivity contribution in [2.45, 2.75) is 38.9 Å². The first-order valence-corrected chi connectivity index (χ1v) is 7.08. The van der Waals surface area contributed by atoms with Crippen LogP contribution in [0, 0.1) is 6.92 Å². The Balaban J connectivity index is 1.96. The average molecular weight is 254 g/mol. The molecule has 17 heavy (non-hydrogen) atoms. The first-order valence-electron chi connectivity index (χ1n) is 6.27. The van der Waals surface area contributed by atoms with Crippen molar-refractivity contribution in [2.24, 2.45) is 5.73 Å². The number of ether oxygens (including phenoxy) is 1. The van der Waals surface area contributed by atoms with Crippen LogP contribution in [0.3, 0.4) is 0 Å². The van der Waals surface area contributed by atoms with E-state index < -0.39 is 0 Å². The second-order valence-electron chi connectivity index (χ2n) is 4.76. The first kappa shape index (κ1) is 13.0. The van der Waals surface area contributed by atoms with Gasteiger partial charge >= 0.3 is 0 Å². The van der Waals surface area contributed by atoms with Gasteiger partial charge in [-0.3, -0.25) is 4.90 Å². The van der Waals surface area contributed by atoms with Crippen molar-refractivity contribution < 1.29 is 4.74 Å². The normalized spacial score (nSPS) is 17.9. The fraction of sp³-hybridized carbons (Fsp3) is 0.692. The minimum absolute atomic E-state index is 0.659. The van der Waals surface area contributed by atoms with Crippen molar-refractivity contribution in [1.29, 1.82) is 0 Å². The maximum absolute atomic E-state index is 5.69. The zero-order valence-corrected chi connectivity index (χ0v) is 11.6. The van der Waals surface area contributed by atoms with Gasteiger partial charge in [0.25, 0.3) is 0 Å². The van der Waals surface area contributed by atoms with Crippen molar-refractivity contribution >= 4 is 11.3 Å². The van der Waals surface area contributed by atoms with Crippen LogP contribution in [-0.2, 0) is 17.8 Å². The summed E-state index contributed by atoms with van der Waals surface area (Å²) in [5, 5.41) is 0. The topological polar surface area (TPSA) is 38.5 Å². The van der Waals surface area contributed by atoms with Gasteiger partial charge in [0, 0.05) is 42.1 Å². The number of aryl methyl sites for hydroxylation is 1. The van der Waals surface area contributed by atoms with Crippen LogP contribution in [-0.4, -0.2) is 31.2 Å². The summed E-state index contributed by atoms with van der Waals surface area (Å²) in [6.07, 6.45) is 2.31. The number of hydrogen-bond donors (Lipinski definition) is 1. The highest BCUT2D eigenvalue weighted by Gasteiger charge is 2.19. The van der Waals surface area contributed by atoms with E-state index in [4.69, 9.17) is 10.5 Å². The summed E-state index contributed by atoms with van der Waals surface area (Å²) in [5.41, 5.74) is 7.12. The molecule has 0 radical (unpaired) electrons. The van der Waals surface area contributed by atoms with Crippen LogP contribution in [0.2, 0.25) is 0 Å². The number of rotatable bonds is 4. The number of nitrogens with zero attached hydrogens (tertiary/aromatic N) is 1. The standard InChI is InChI=1S/C13H22N2OS/c1-10-11(7-13(8-14)17-10)9-15(2)12-3-5-16-6-4-12/h7,12H,3-6,8-9,14H2,1-2H3. The maximum Gasteiger partial charge on any atom is 0.0480 e. The van der Waals surface area contributed by atoms with E-state index in [9.17, 15) is 0 Å². The fourth-order valence-electron chi connectivity index (χ4n) is 2.37. The molecule has 2 heterocycles. The second-order valence-corrected chi connectivity index (χ2v) is 6.10. The second kappa shape index (κ2) is 5.96. The molecule has 2 rings (SSSR count). The summed E-state index contributed by atoms with van der Waals surface area (Å²) >= 11 is 1.83. The molecule has 1 saturated heterocycles. The molecular weight excluding hydrogens is 232 g/mol. The van der Waals surface area contributed by atoms with Gasteiger partial charge in [0.05, 0.1) is 0 Å². The lowest BCUT2D eigenvalue weighted by Crippen LogP contribution is -2.36. The third kappa shape index (κ3) is 3.28. The van der Waals surface area contributed by atoms with E-state index in [1.165, 1.54) is 15.3 Å². The Morgan fingerprint density at radius 2 is 2.18 bits per heavy atom. The summed E-state index contributed by atoms with van der Waals surface area (Å²) in [6, 6.07) is 2.93. The molecule has 2 N–H and O–H groups in total. The predicted octanol–water partition coefficient (Wildman–Crippen LogP) is 2.13. The zero-order valence-electron chi connectivity index (χ0n) is 10.7. The molecule has 1 aliphatic rings. The molecular formula is C13H22N2OS. The highest BCUT2D eigenvalue weighted by atomic mass is 32.1. The summed E-state index contributed by atoms with van der Waals surface area (Å²) < 4.78 is 5.40. The van der Waals surface area contributed by atoms with E-state index in [1.807, 2.05) is 11.3 Å². The van der Waals surface area contributed by atoms with Crippen LogP contribution in [0.1, 0.15) is 28.2 Å². The maximum atomic E-state index is 5.69. The van der Waals surface area contributed by atoms with E-state index in [-0.39, 0.29) is 0 Å². The molecule has 3 nitrogen and oxygen atoms in total. The van der Waals surface area contributed by atoms with E-state index in [0.29, 0.717) is 12.6 Å². The lowest BCUT2D eigenvalue weighted by atomic mass is 10.1. The summed E-state index contributed by atoms with van der Waals surface area (Å²) in [7, 11) is 2.22. The van der Waals surface area contributed by atoms with Crippen LogP contribution >= 0.6 is 11.3 Å². The van der Waals surface area contributed by atoms with E-state index >= 15 is 0 Å². The average Bonchev–Trinajstić information content (AvgIpc) is 2.71. The molecule has 0 spiro atoms. The van der Waals surface area contributed by atoms with Gasteiger partial charge in [-0.05, 0) is 38.4 Å². The lowest BCUT2D eigenvalue weighted by Gasteiger charge is -2.31. The molecule has 0 amide bonds. The van der Waals surface area contributed by atoms with Crippen molar-refractivity contribution in [3.63, 3.8) is 0 Å². The van der Waals surface area contributed by atoms with Gasteiger partial charge in [-0.2, -0.15) is 0 Å². The SMILES string of the molecule is Cc1sc(CN)cc1CN(C)C1CCOCC1. The number of hydrogen-bond acceptors (Lipinski definition) is 4. The minimum atomic E-state index is 0.659. The Bertz CT molecular complexity index is 358. The third-order valence-corrected chi connectivity index (χ3v) is 4.62. The Morgan fingerprint density at radius 1 is 1.47 bits per heavy atom. The van der Waals surface area contributed by atoms with Crippen molar-refractivity contribution in [3.8, 4) is 0 Å². The Kier molecular flexibility index (Phi) is 4.56. The van der Waals surface area contributed by atoms with Crippen molar-refractivity contribution in [1.82, 2.24) is 4.90 Å². The van der Waals surface area contributed by atoms with E-state index in [1.54, 1.807) is 0 Å². The highest BCUT2D eigenvalue weighted by molar-refractivity contribution is 7.12. The van der Waals surface area contributed by atoms with Crippen molar-refractivity contribution in [2.75, 3.05) is 20.3 Å². The minimum Gasteiger partial charge on any atom is -0.381 e. The first-order chi connectivity index (χ1) is 8.20. The third-order valence-electron chi connectivity index (χ3n) is 3.51. The molecule has 4 heteroatoms. The van der Waals surface area contributed by atoms with Crippen LogP contribution in [0.5, 0.6) is 0 Å². The van der Waals surface area contributed by atoms with Gasteiger partial charge in [-0.25, -0.2) is 0 Å². The van der Waals surface area contributed by atoms with Gasteiger partial charge in [-0.15, -0.1) is 11.3 Å². The molecule has 96 valence electrons. The van der Waals surface area contributed by atoms with Gasteiger partial charge < -0.3 is 10.5 Å². The van der Waals surface area contributed by atoms with Crippen LogP contribution in [0.15, 0.2) is 6.07 Å². The molecule has 0 aliphatic carbocycles. The van der Waals surface area contributed by atoms with Crippen LogP contribution in [0.25, 0.3) is 0 Å². The molecule has 0 atom stereocenters. The van der Waals surface area contributed by atoms with Gasteiger partial charge in [-0.1, -0.05) is 0 Å². The predicted molar refractivity (Wildman–Crippen MR) is 72.3 cm³/mol. The summed E-state index contributed by atoms with van der Waals surface area (Å²) in [4.78, 5) is 5.15. The Hall–Kier alpha value is -0.420.